The van der Waals surface area contributed by atoms with Gasteiger partial charge in [0.2, 0.25) is 11.7 Å². The second-order valence-corrected chi connectivity index (χ2v) is 9.38. The van der Waals surface area contributed by atoms with Crippen LogP contribution in [0, 0.1) is 0 Å². The fraction of sp³-hybridized carbons (Fsp3) is 0.214. The highest BCUT2D eigenvalue weighted by atomic mass is 19.4. The van der Waals surface area contributed by atoms with E-state index in [0.717, 1.165) is 6.07 Å². The Morgan fingerprint density at radius 1 is 0.952 bits per heavy atom. The summed E-state index contributed by atoms with van der Waals surface area (Å²) in [6, 6.07) is 14.6. The highest BCUT2D eigenvalue weighted by molar-refractivity contribution is 6.03. The fourth-order valence-corrected chi connectivity index (χ4v) is 4.39. The number of nitrogens with one attached hydrogen (secondary N) is 1. The van der Waals surface area contributed by atoms with Crippen LogP contribution < -0.4 is 10.2 Å². The van der Waals surface area contributed by atoms with Gasteiger partial charge in [0.15, 0.2) is 23.3 Å². The van der Waals surface area contributed by atoms with Crippen molar-refractivity contribution in [2.24, 2.45) is 0 Å². The maximum absolute atomic E-state index is 13.6. The summed E-state index contributed by atoms with van der Waals surface area (Å²) in [5.41, 5.74) is -0.892. The number of benzene rings is 2. The number of amides is 2. The summed E-state index contributed by atoms with van der Waals surface area (Å²) in [7, 11) is 0. The highest BCUT2D eigenvalue weighted by Gasteiger charge is 2.41. The SMILES string of the molecule is O=C(Nc1ccc(N2CCN(C(=O)C(O)c3ccc(O)c(O)c3)CC2)nc1)c1oc(-c2ccccc2)nc1C(F)(F)F. The second-order valence-electron chi connectivity index (χ2n) is 9.38. The molecule has 1 unspecified atom stereocenters. The number of phenols is 2. The smallest absolute Gasteiger partial charge is 0.437 e. The summed E-state index contributed by atoms with van der Waals surface area (Å²) in [4.78, 5) is 36.6. The molecule has 0 aliphatic carbocycles. The number of phenolic OH excluding ortho intramolecular Hbond substituents is 2. The number of aromatic nitrogens is 2. The van der Waals surface area contributed by atoms with Gasteiger partial charge in [-0.1, -0.05) is 24.3 Å². The van der Waals surface area contributed by atoms with Crippen molar-refractivity contribution in [2.75, 3.05) is 36.4 Å². The minimum Gasteiger partial charge on any atom is -0.504 e. The molecule has 2 amide bonds. The molecular weight excluding hydrogens is 559 g/mol. The number of piperazine rings is 1. The van der Waals surface area contributed by atoms with Crippen LogP contribution in [0.1, 0.15) is 27.9 Å². The number of alkyl halides is 3. The molecule has 11 nitrogen and oxygen atoms in total. The Labute approximate surface area is 236 Å². The molecule has 0 spiro atoms. The van der Waals surface area contributed by atoms with E-state index in [1.165, 1.54) is 41.4 Å². The van der Waals surface area contributed by atoms with Gasteiger partial charge < -0.3 is 34.9 Å². The Hall–Kier alpha value is -5.11. The normalized spacial score (nSPS) is 14.5. The van der Waals surface area contributed by atoms with Crippen molar-refractivity contribution in [1.82, 2.24) is 14.9 Å². The first-order valence-electron chi connectivity index (χ1n) is 12.7. The number of aliphatic hydroxyl groups excluding tert-OH is 1. The van der Waals surface area contributed by atoms with E-state index in [0.29, 0.717) is 18.9 Å². The molecule has 2 aromatic carbocycles. The quantitative estimate of drug-likeness (QED) is 0.248. The van der Waals surface area contributed by atoms with E-state index >= 15 is 0 Å². The minimum absolute atomic E-state index is 0.128. The zero-order valence-corrected chi connectivity index (χ0v) is 21.7. The lowest BCUT2D eigenvalue weighted by atomic mass is 10.1. The zero-order chi connectivity index (χ0) is 30.0. The molecule has 4 aromatic rings. The standard InChI is InChI=1S/C28H24F3N5O6/c29-28(30,31)24-23(42-26(34-24)16-4-2-1-3-5-16)25(40)33-18-7-9-21(32-15-18)35-10-12-36(13-11-35)27(41)22(39)17-6-8-19(37)20(38)14-17/h1-9,14-15,22,37-39H,10-13H2,(H,33,40). The number of aliphatic hydroxyl groups is 1. The van der Waals surface area contributed by atoms with Crippen LogP contribution in [0.5, 0.6) is 11.5 Å². The molecule has 1 aliphatic rings. The molecular formula is C28H24F3N5O6. The highest BCUT2D eigenvalue weighted by Crippen LogP contribution is 2.35. The summed E-state index contributed by atoms with van der Waals surface area (Å²) < 4.78 is 46.0. The van der Waals surface area contributed by atoms with Gasteiger partial charge in [-0.25, -0.2) is 9.97 Å². The van der Waals surface area contributed by atoms with Crippen molar-refractivity contribution in [2.45, 2.75) is 12.3 Å². The number of hydrogen-bond donors (Lipinski definition) is 4. The molecule has 42 heavy (non-hydrogen) atoms. The third kappa shape index (κ3) is 5.98. The van der Waals surface area contributed by atoms with E-state index in [2.05, 4.69) is 15.3 Å². The molecule has 5 rings (SSSR count). The van der Waals surface area contributed by atoms with Crippen LogP contribution in [0.3, 0.4) is 0 Å². The molecule has 3 heterocycles. The minimum atomic E-state index is -4.92. The number of pyridine rings is 1. The Balaban J connectivity index is 1.21. The van der Waals surface area contributed by atoms with E-state index in [1.54, 1.807) is 24.3 Å². The first-order valence-corrected chi connectivity index (χ1v) is 12.7. The number of carbonyl (C=O) groups is 2. The third-order valence-electron chi connectivity index (χ3n) is 6.59. The van der Waals surface area contributed by atoms with Gasteiger partial charge in [0, 0.05) is 31.7 Å². The average Bonchev–Trinajstić information content (AvgIpc) is 3.46. The van der Waals surface area contributed by atoms with Gasteiger partial charge in [-0.3, -0.25) is 9.59 Å². The monoisotopic (exact) mass is 583 g/mol. The van der Waals surface area contributed by atoms with Crippen molar-refractivity contribution in [3.8, 4) is 23.0 Å². The van der Waals surface area contributed by atoms with Crippen LogP contribution in [-0.2, 0) is 11.0 Å². The van der Waals surface area contributed by atoms with Crippen molar-refractivity contribution in [3.05, 3.63) is 83.9 Å². The van der Waals surface area contributed by atoms with Crippen LogP contribution in [-0.4, -0.2) is 68.2 Å². The van der Waals surface area contributed by atoms with Crippen molar-refractivity contribution in [1.29, 1.82) is 0 Å². The van der Waals surface area contributed by atoms with E-state index in [9.17, 15) is 38.1 Å². The predicted molar refractivity (Wildman–Crippen MR) is 143 cm³/mol. The number of rotatable bonds is 6. The summed E-state index contributed by atoms with van der Waals surface area (Å²) in [6.07, 6.45) is -5.15. The molecule has 218 valence electrons. The number of anilines is 2. The zero-order valence-electron chi connectivity index (χ0n) is 21.7. The Bertz CT molecular complexity index is 1590. The lowest BCUT2D eigenvalue weighted by Gasteiger charge is -2.36. The summed E-state index contributed by atoms with van der Waals surface area (Å²) in [5, 5.41) is 31.9. The summed E-state index contributed by atoms with van der Waals surface area (Å²) in [5.74, 6) is -3.33. The van der Waals surface area contributed by atoms with Gasteiger partial charge in [-0.2, -0.15) is 13.2 Å². The van der Waals surface area contributed by atoms with Gasteiger partial charge in [0.25, 0.3) is 11.8 Å². The Morgan fingerprint density at radius 2 is 1.67 bits per heavy atom. The topological polar surface area (TPSA) is 152 Å². The molecule has 0 bridgehead atoms. The van der Waals surface area contributed by atoms with Gasteiger partial charge in [0.1, 0.15) is 5.82 Å². The van der Waals surface area contributed by atoms with Gasteiger partial charge in [0.05, 0.1) is 11.9 Å². The predicted octanol–water partition coefficient (Wildman–Crippen LogP) is 3.80. The lowest BCUT2D eigenvalue weighted by molar-refractivity contribution is -0.142. The second kappa shape index (κ2) is 11.4. The van der Waals surface area contributed by atoms with Crippen molar-refractivity contribution < 1.29 is 42.5 Å². The van der Waals surface area contributed by atoms with Gasteiger partial charge in [-0.15, -0.1) is 0 Å². The van der Waals surface area contributed by atoms with Gasteiger partial charge in [-0.05, 0) is 42.0 Å². The Kier molecular flexibility index (Phi) is 7.72. The Morgan fingerprint density at radius 3 is 2.29 bits per heavy atom. The molecule has 1 saturated heterocycles. The number of nitrogens with zero attached hydrogens (tertiary/aromatic N) is 4. The maximum Gasteiger partial charge on any atom is 0.437 e. The molecule has 1 fully saturated rings. The average molecular weight is 584 g/mol. The molecule has 0 radical (unpaired) electrons. The van der Waals surface area contributed by atoms with E-state index < -0.39 is 41.3 Å². The van der Waals surface area contributed by atoms with E-state index in [4.69, 9.17) is 4.42 Å². The largest absolute Gasteiger partial charge is 0.504 e. The number of halogens is 3. The number of oxazole rings is 1. The van der Waals surface area contributed by atoms with Crippen LogP contribution in [0.2, 0.25) is 0 Å². The van der Waals surface area contributed by atoms with Crippen LogP contribution in [0.15, 0.2) is 71.3 Å². The van der Waals surface area contributed by atoms with Crippen molar-refractivity contribution in [3.63, 3.8) is 0 Å². The number of hydrogen-bond acceptors (Lipinski definition) is 9. The molecule has 1 aliphatic heterocycles. The first-order chi connectivity index (χ1) is 20.0. The molecule has 2 aromatic heterocycles. The summed E-state index contributed by atoms with van der Waals surface area (Å²) >= 11 is 0. The van der Waals surface area contributed by atoms with Crippen LogP contribution >= 0.6 is 0 Å². The maximum atomic E-state index is 13.6. The summed E-state index contributed by atoms with van der Waals surface area (Å²) in [6.45, 7) is 1.26. The van der Waals surface area contributed by atoms with E-state index in [1.807, 2.05) is 4.90 Å². The molecule has 0 saturated carbocycles. The molecule has 14 heteroatoms. The number of carbonyl (C=O) groups excluding carboxylic acids is 2. The first kappa shape index (κ1) is 28.4. The fourth-order valence-electron chi connectivity index (χ4n) is 4.39. The lowest BCUT2D eigenvalue weighted by Crippen LogP contribution is -2.50. The van der Waals surface area contributed by atoms with E-state index in [-0.39, 0.29) is 41.5 Å². The van der Waals surface area contributed by atoms with Crippen LogP contribution in [0.25, 0.3) is 11.5 Å². The van der Waals surface area contributed by atoms with Crippen LogP contribution in [0.4, 0.5) is 24.7 Å². The molecule has 1 atom stereocenters. The van der Waals surface area contributed by atoms with Crippen molar-refractivity contribution >= 4 is 23.3 Å². The van der Waals surface area contributed by atoms with Gasteiger partial charge >= 0.3 is 6.18 Å². The molecule has 4 N–H and O–H groups in total. The number of aromatic hydroxyl groups is 2. The third-order valence-corrected chi connectivity index (χ3v) is 6.59.